The van der Waals surface area contributed by atoms with E-state index >= 15 is 0 Å². The van der Waals surface area contributed by atoms with Gasteiger partial charge in [0.25, 0.3) is 11.1 Å². The molecule has 1 aromatic carbocycles. The minimum absolute atomic E-state index is 0.0477. The Morgan fingerprint density at radius 2 is 2.17 bits per heavy atom. The van der Waals surface area contributed by atoms with Crippen molar-refractivity contribution in [1.82, 2.24) is 10.2 Å². The Hall–Kier alpha value is -1.60. The number of hydrogen-bond donors (Lipinski definition) is 1. The Bertz CT molecular complexity index is 676. The number of thioether (sulfide) groups is 1. The first-order chi connectivity index (χ1) is 11.5. The average molecular weight is 411 g/mol. The Morgan fingerprint density at radius 3 is 2.88 bits per heavy atom. The van der Waals surface area contributed by atoms with Gasteiger partial charge in [0.15, 0.2) is 0 Å². The van der Waals surface area contributed by atoms with E-state index in [-0.39, 0.29) is 30.1 Å². The predicted octanol–water partition coefficient (Wildman–Crippen LogP) is 3.79. The van der Waals surface area contributed by atoms with Gasteiger partial charge < -0.3 is 5.32 Å². The molecule has 0 aliphatic carbocycles. The number of halogens is 1. The maximum absolute atomic E-state index is 12.3. The fraction of sp³-hybridized carbons (Fsp3) is 0.353. The highest BCUT2D eigenvalue weighted by atomic mass is 79.9. The number of nitrogens with zero attached hydrogens (tertiary/aromatic N) is 1. The molecule has 1 N–H and O–H groups in total. The van der Waals surface area contributed by atoms with Crippen molar-refractivity contribution in [2.24, 2.45) is 0 Å². The van der Waals surface area contributed by atoms with Gasteiger partial charge in [-0.15, -0.1) is 0 Å². The number of nitrogens with one attached hydrogen (secondary N) is 1. The van der Waals surface area contributed by atoms with Crippen LogP contribution in [0.1, 0.15) is 31.7 Å². The molecule has 1 fully saturated rings. The third-order valence-corrected chi connectivity index (χ3v) is 4.84. The third-order valence-electron chi connectivity index (χ3n) is 3.43. The summed E-state index contributed by atoms with van der Waals surface area (Å²) in [6.07, 6.45) is 3.97. The standard InChI is InChI=1S/C17H19BrN2O3S/c1-2-3-7-15(21)19-8-9-20-16(22)14(24-17(20)23)11-12-5-4-6-13(18)10-12/h4-6,10-11H,2-3,7-9H2,1H3,(H,19,21)/b14-11+. The van der Waals surface area contributed by atoms with Crippen molar-refractivity contribution in [2.45, 2.75) is 26.2 Å². The van der Waals surface area contributed by atoms with Crippen LogP contribution < -0.4 is 5.32 Å². The average Bonchev–Trinajstić information content (AvgIpc) is 2.80. The summed E-state index contributed by atoms with van der Waals surface area (Å²) in [5, 5.41) is 2.44. The first kappa shape index (κ1) is 18.7. The van der Waals surface area contributed by atoms with Crippen molar-refractivity contribution in [3.8, 4) is 0 Å². The van der Waals surface area contributed by atoms with Crippen molar-refractivity contribution in [2.75, 3.05) is 13.1 Å². The van der Waals surface area contributed by atoms with E-state index in [0.29, 0.717) is 11.3 Å². The molecule has 0 saturated carbocycles. The van der Waals surface area contributed by atoms with Gasteiger partial charge in [0.05, 0.1) is 4.91 Å². The lowest BCUT2D eigenvalue weighted by Gasteiger charge is -2.12. The molecule has 1 aromatic rings. The van der Waals surface area contributed by atoms with Crippen molar-refractivity contribution >= 4 is 50.8 Å². The van der Waals surface area contributed by atoms with Crippen molar-refractivity contribution < 1.29 is 14.4 Å². The molecular formula is C17H19BrN2O3S. The number of benzene rings is 1. The highest BCUT2D eigenvalue weighted by molar-refractivity contribution is 9.10. The summed E-state index contributed by atoms with van der Waals surface area (Å²) in [5.74, 6) is -0.360. The van der Waals surface area contributed by atoms with E-state index in [9.17, 15) is 14.4 Å². The van der Waals surface area contributed by atoms with Gasteiger partial charge in [0.2, 0.25) is 5.91 Å². The van der Waals surface area contributed by atoms with Crippen LogP contribution in [0.15, 0.2) is 33.6 Å². The molecule has 2 rings (SSSR count). The molecule has 0 bridgehead atoms. The summed E-state index contributed by atoms with van der Waals surface area (Å²) in [7, 11) is 0. The second kappa shape index (κ2) is 9.03. The summed E-state index contributed by atoms with van der Waals surface area (Å²) in [6.45, 7) is 2.49. The van der Waals surface area contributed by atoms with Crippen molar-refractivity contribution in [3.05, 3.63) is 39.2 Å². The van der Waals surface area contributed by atoms with E-state index in [1.54, 1.807) is 6.08 Å². The molecule has 5 nitrogen and oxygen atoms in total. The predicted molar refractivity (Wildman–Crippen MR) is 99.4 cm³/mol. The van der Waals surface area contributed by atoms with E-state index in [2.05, 4.69) is 21.2 Å². The van der Waals surface area contributed by atoms with Crippen LogP contribution in [0.2, 0.25) is 0 Å². The SMILES string of the molecule is CCCCC(=O)NCCN1C(=O)S/C(=C/c2cccc(Br)c2)C1=O. The number of imide groups is 1. The molecule has 128 valence electrons. The highest BCUT2D eigenvalue weighted by Crippen LogP contribution is 2.32. The maximum atomic E-state index is 12.3. The fourth-order valence-corrected chi connectivity index (χ4v) is 3.46. The quantitative estimate of drug-likeness (QED) is 0.694. The monoisotopic (exact) mass is 410 g/mol. The van der Waals surface area contributed by atoms with Crippen LogP contribution in [0.5, 0.6) is 0 Å². The van der Waals surface area contributed by atoms with E-state index in [0.717, 1.165) is 34.6 Å². The summed E-state index contributed by atoms with van der Waals surface area (Å²) in [5.41, 5.74) is 0.850. The van der Waals surface area contributed by atoms with Crippen LogP contribution in [-0.4, -0.2) is 35.0 Å². The number of rotatable bonds is 7. The van der Waals surface area contributed by atoms with Gasteiger partial charge in [-0.2, -0.15) is 0 Å². The van der Waals surface area contributed by atoms with Gasteiger partial charge in [-0.1, -0.05) is 41.4 Å². The van der Waals surface area contributed by atoms with Crippen LogP contribution in [0.25, 0.3) is 6.08 Å². The largest absolute Gasteiger partial charge is 0.354 e. The van der Waals surface area contributed by atoms with Gasteiger partial charge in [-0.25, -0.2) is 0 Å². The first-order valence-corrected chi connectivity index (χ1v) is 9.40. The number of unbranched alkanes of at least 4 members (excludes halogenated alkanes) is 1. The van der Waals surface area contributed by atoms with E-state index in [4.69, 9.17) is 0 Å². The maximum Gasteiger partial charge on any atom is 0.293 e. The molecule has 0 aromatic heterocycles. The minimum Gasteiger partial charge on any atom is -0.354 e. The van der Waals surface area contributed by atoms with Gasteiger partial charge in [0.1, 0.15) is 0 Å². The summed E-state index contributed by atoms with van der Waals surface area (Å²) in [6, 6.07) is 7.50. The smallest absolute Gasteiger partial charge is 0.293 e. The highest BCUT2D eigenvalue weighted by Gasteiger charge is 2.34. The zero-order valence-electron chi connectivity index (χ0n) is 13.4. The molecule has 24 heavy (non-hydrogen) atoms. The van der Waals surface area contributed by atoms with Gasteiger partial charge in [-0.3, -0.25) is 19.3 Å². The first-order valence-electron chi connectivity index (χ1n) is 7.79. The molecular weight excluding hydrogens is 392 g/mol. The number of hydrogen-bond acceptors (Lipinski definition) is 4. The Morgan fingerprint density at radius 1 is 1.38 bits per heavy atom. The van der Waals surface area contributed by atoms with Gasteiger partial charge in [-0.05, 0) is 42.0 Å². The third kappa shape index (κ3) is 5.21. The van der Waals surface area contributed by atoms with Crippen LogP contribution in [0.3, 0.4) is 0 Å². The molecule has 1 heterocycles. The summed E-state index contributed by atoms with van der Waals surface area (Å²) >= 11 is 4.30. The summed E-state index contributed by atoms with van der Waals surface area (Å²) in [4.78, 5) is 37.5. The molecule has 0 unspecified atom stereocenters. The fourth-order valence-electron chi connectivity index (χ4n) is 2.17. The van der Waals surface area contributed by atoms with Crippen LogP contribution in [0.4, 0.5) is 4.79 Å². The number of carbonyl (C=O) groups is 3. The molecule has 3 amide bonds. The zero-order valence-corrected chi connectivity index (χ0v) is 15.8. The lowest BCUT2D eigenvalue weighted by Crippen LogP contribution is -2.37. The van der Waals surface area contributed by atoms with E-state index < -0.39 is 0 Å². The minimum atomic E-state index is -0.312. The molecule has 7 heteroatoms. The number of amides is 3. The number of carbonyl (C=O) groups excluding carboxylic acids is 3. The van der Waals surface area contributed by atoms with Crippen LogP contribution in [0, 0.1) is 0 Å². The molecule has 1 aliphatic rings. The molecule has 1 aliphatic heterocycles. The van der Waals surface area contributed by atoms with Crippen molar-refractivity contribution in [1.29, 1.82) is 0 Å². The molecule has 0 spiro atoms. The molecule has 1 saturated heterocycles. The topological polar surface area (TPSA) is 66.5 Å². The second-order valence-corrected chi connectivity index (χ2v) is 7.25. The second-order valence-electron chi connectivity index (χ2n) is 5.34. The molecule has 0 atom stereocenters. The Kier molecular flexibility index (Phi) is 7.05. The van der Waals surface area contributed by atoms with E-state index in [1.807, 2.05) is 31.2 Å². The Labute approximate surface area is 154 Å². The lowest BCUT2D eigenvalue weighted by molar-refractivity contribution is -0.124. The van der Waals surface area contributed by atoms with Crippen LogP contribution >= 0.6 is 27.7 Å². The van der Waals surface area contributed by atoms with E-state index in [1.165, 1.54) is 4.90 Å². The van der Waals surface area contributed by atoms with Gasteiger partial charge in [0, 0.05) is 24.0 Å². The summed E-state index contributed by atoms with van der Waals surface area (Å²) < 4.78 is 0.908. The normalized spacial score (nSPS) is 16.1. The zero-order chi connectivity index (χ0) is 17.5. The molecule has 0 radical (unpaired) electrons. The van der Waals surface area contributed by atoms with Gasteiger partial charge >= 0.3 is 0 Å². The Balaban J connectivity index is 1.93. The van der Waals surface area contributed by atoms with Crippen LogP contribution in [-0.2, 0) is 9.59 Å². The van der Waals surface area contributed by atoms with Crippen molar-refractivity contribution in [3.63, 3.8) is 0 Å². The lowest BCUT2D eigenvalue weighted by atomic mass is 10.2.